The fourth-order valence-electron chi connectivity index (χ4n) is 1.86. The monoisotopic (exact) mass is 254 g/mol. The van der Waals surface area contributed by atoms with Gasteiger partial charge in [0, 0.05) is 30.9 Å². The maximum absolute atomic E-state index is 12.0. The van der Waals surface area contributed by atoms with E-state index in [1.165, 1.54) is 0 Å². The number of aliphatic carboxylic acids is 1. The van der Waals surface area contributed by atoms with Crippen molar-refractivity contribution in [1.82, 2.24) is 10.3 Å². The molecule has 6 heteroatoms. The quantitative estimate of drug-likeness (QED) is 0.455. The van der Waals surface area contributed by atoms with Crippen molar-refractivity contribution in [1.29, 1.82) is 0 Å². The van der Waals surface area contributed by atoms with Crippen LogP contribution in [0, 0.1) is 11.8 Å². The molecule has 0 radical (unpaired) electrons. The van der Waals surface area contributed by atoms with E-state index < -0.39 is 17.1 Å². The Balaban J connectivity index is 2.16. The number of ketones is 1. The highest BCUT2D eigenvalue weighted by Gasteiger charge is 2.39. The van der Waals surface area contributed by atoms with Crippen molar-refractivity contribution in [3.05, 3.63) is 24.0 Å². The van der Waals surface area contributed by atoms with Crippen molar-refractivity contribution in [2.45, 2.75) is 5.25 Å². The van der Waals surface area contributed by atoms with Gasteiger partial charge < -0.3 is 15.4 Å². The highest BCUT2D eigenvalue weighted by atomic mass is 32.1. The van der Waals surface area contributed by atoms with Crippen LogP contribution < -0.4 is 5.32 Å². The summed E-state index contributed by atoms with van der Waals surface area (Å²) in [7, 11) is 0. The highest BCUT2D eigenvalue weighted by Crippen LogP contribution is 2.30. The molecule has 0 bridgehead atoms. The lowest BCUT2D eigenvalue weighted by Crippen LogP contribution is -2.50. The Labute approximate surface area is 104 Å². The molecule has 1 aliphatic heterocycles. The molecule has 1 fully saturated rings. The minimum absolute atomic E-state index is 0.194. The first-order valence-electron chi connectivity index (χ1n) is 5.40. The normalized spacial score (nSPS) is 19.4. The number of hydrogen-bond donors (Lipinski definition) is 4. The third-order valence-electron chi connectivity index (χ3n) is 3.01. The summed E-state index contributed by atoms with van der Waals surface area (Å²) in [4.78, 5) is 26.1. The van der Waals surface area contributed by atoms with Gasteiger partial charge in [-0.3, -0.25) is 9.59 Å². The third-order valence-corrected chi connectivity index (χ3v) is 3.59. The number of carboxylic acid groups (broad SMARTS) is 1. The van der Waals surface area contributed by atoms with E-state index in [0.29, 0.717) is 18.8 Å². The average molecular weight is 254 g/mol. The lowest BCUT2D eigenvalue weighted by atomic mass is 9.86. The number of rotatable bonds is 5. The van der Waals surface area contributed by atoms with Crippen LogP contribution in [0.4, 0.5) is 0 Å². The molecule has 92 valence electrons. The standard InChI is InChI=1S/C11H14N2O3S/c14-9(6-4-12-5-6)8(11(15)16)10(17)7-2-1-3-13-7/h1-3,6,8,10,12-13,17H,4-5H2,(H,15,16). The zero-order chi connectivity index (χ0) is 12.4. The van der Waals surface area contributed by atoms with Crippen molar-refractivity contribution >= 4 is 24.4 Å². The Bertz CT molecular complexity index is 414. The Hall–Kier alpha value is -1.27. The van der Waals surface area contributed by atoms with Crippen molar-refractivity contribution < 1.29 is 14.7 Å². The van der Waals surface area contributed by atoms with Crippen LogP contribution in [-0.4, -0.2) is 34.9 Å². The van der Waals surface area contributed by atoms with Crippen molar-refractivity contribution in [3.63, 3.8) is 0 Å². The summed E-state index contributed by atoms with van der Waals surface area (Å²) in [5.41, 5.74) is 0.654. The Morgan fingerprint density at radius 3 is 2.59 bits per heavy atom. The summed E-state index contributed by atoms with van der Waals surface area (Å²) in [5.74, 6) is -2.65. The van der Waals surface area contributed by atoms with E-state index in [2.05, 4.69) is 22.9 Å². The van der Waals surface area contributed by atoms with Crippen molar-refractivity contribution in [2.75, 3.05) is 13.1 Å². The van der Waals surface area contributed by atoms with E-state index in [-0.39, 0.29) is 11.7 Å². The number of H-pyrrole nitrogens is 1. The zero-order valence-electron chi connectivity index (χ0n) is 9.09. The molecule has 2 atom stereocenters. The molecule has 2 rings (SSSR count). The summed E-state index contributed by atoms with van der Waals surface area (Å²) >= 11 is 4.26. The first-order valence-corrected chi connectivity index (χ1v) is 5.91. The molecule has 0 amide bonds. The maximum atomic E-state index is 12.0. The molecule has 1 aromatic rings. The molecule has 1 aliphatic rings. The molecule has 2 heterocycles. The number of carbonyl (C=O) groups is 2. The third kappa shape index (κ3) is 2.37. The molecule has 0 aliphatic carbocycles. The molecule has 17 heavy (non-hydrogen) atoms. The van der Waals surface area contributed by atoms with Gasteiger partial charge in [-0.15, -0.1) is 0 Å². The van der Waals surface area contributed by atoms with Gasteiger partial charge in [0.25, 0.3) is 0 Å². The summed E-state index contributed by atoms with van der Waals surface area (Å²) in [6.45, 7) is 1.13. The van der Waals surface area contributed by atoms with Gasteiger partial charge in [-0.2, -0.15) is 12.6 Å². The van der Waals surface area contributed by atoms with Gasteiger partial charge in [0.1, 0.15) is 5.92 Å². The fraction of sp³-hybridized carbons (Fsp3) is 0.455. The SMILES string of the molecule is O=C(O)C(C(=O)C1CNC1)C(S)c1ccc[nH]1. The Kier molecular flexibility index (Phi) is 3.54. The van der Waals surface area contributed by atoms with Crippen LogP contribution in [0.5, 0.6) is 0 Å². The van der Waals surface area contributed by atoms with Crippen LogP contribution in [-0.2, 0) is 9.59 Å². The number of aromatic amines is 1. The van der Waals surface area contributed by atoms with Gasteiger partial charge in [-0.05, 0) is 12.1 Å². The van der Waals surface area contributed by atoms with E-state index in [0.717, 1.165) is 0 Å². The van der Waals surface area contributed by atoms with Crippen LogP contribution in [0.1, 0.15) is 10.9 Å². The number of aromatic nitrogens is 1. The predicted octanol–water partition coefficient (Wildman–Crippen LogP) is 0.475. The summed E-state index contributed by atoms with van der Waals surface area (Å²) in [5, 5.41) is 11.5. The van der Waals surface area contributed by atoms with Gasteiger partial charge in [-0.25, -0.2) is 0 Å². The van der Waals surface area contributed by atoms with Gasteiger partial charge in [-0.1, -0.05) is 0 Å². The molecule has 3 N–H and O–H groups in total. The number of hydrogen-bond acceptors (Lipinski definition) is 4. The number of Topliss-reactive ketones (excluding diaryl/α,β-unsaturated/α-hetero) is 1. The Morgan fingerprint density at radius 1 is 1.47 bits per heavy atom. The van der Waals surface area contributed by atoms with Crippen LogP contribution in [0.15, 0.2) is 18.3 Å². The summed E-state index contributed by atoms with van der Waals surface area (Å²) < 4.78 is 0. The lowest BCUT2D eigenvalue weighted by molar-refractivity contribution is -0.148. The van der Waals surface area contributed by atoms with E-state index in [1.54, 1.807) is 18.3 Å². The number of thiol groups is 1. The number of carboxylic acids is 1. The zero-order valence-corrected chi connectivity index (χ0v) is 9.98. The van der Waals surface area contributed by atoms with Gasteiger partial charge in [0.2, 0.25) is 0 Å². The van der Waals surface area contributed by atoms with Gasteiger partial charge in [0.15, 0.2) is 5.78 Å². The predicted molar refractivity (Wildman–Crippen MR) is 65.0 cm³/mol. The van der Waals surface area contributed by atoms with E-state index >= 15 is 0 Å². The molecular weight excluding hydrogens is 240 g/mol. The largest absolute Gasteiger partial charge is 0.481 e. The van der Waals surface area contributed by atoms with Crippen LogP contribution in [0.3, 0.4) is 0 Å². The first-order chi connectivity index (χ1) is 8.11. The van der Waals surface area contributed by atoms with Gasteiger partial charge >= 0.3 is 5.97 Å². The second-order valence-electron chi connectivity index (χ2n) is 4.14. The Morgan fingerprint density at radius 2 is 2.18 bits per heavy atom. The average Bonchev–Trinajstić information content (AvgIpc) is 2.66. The topological polar surface area (TPSA) is 82.2 Å². The molecule has 0 saturated carbocycles. The smallest absolute Gasteiger partial charge is 0.315 e. The molecule has 5 nitrogen and oxygen atoms in total. The molecule has 2 unspecified atom stereocenters. The van der Waals surface area contributed by atoms with Crippen LogP contribution in [0.25, 0.3) is 0 Å². The molecule has 1 saturated heterocycles. The summed E-state index contributed by atoms with van der Waals surface area (Å²) in [6, 6.07) is 3.49. The fourth-order valence-corrected chi connectivity index (χ4v) is 2.30. The van der Waals surface area contributed by atoms with Gasteiger partial charge in [0.05, 0.1) is 5.25 Å². The maximum Gasteiger partial charge on any atom is 0.315 e. The molecule has 0 aromatic carbocycles. The summed E-state index contributed by atoms with van der Waals surface area (Å²) in [6.07, 6.45) is 1.69. The minimum Gasteiger partial charge on any atom is -0.481 e. The highest BCUT2D eigenvalue weighted by molar-refractivity contribution is 7.80. The minimum atomic E-state index is -1.11. The van der Waals surface area contributed by atoms with Crippen LogP contribution in [0.2, 0.25) is 0 Å². The second-order valence-corrected chi connectivity index (χ2v) is 4.70. The number of nitrogens with one attached hydrogen (secondary N) is 2. The molecule has 0 spiro atoms. The van der Waals surface area contributed by atoms with Crippen molar-refractivity contribution in [3.8, 4) is 0 Å². The van der Waals surface area contributed by atoms with E-state index in [9.17, 15) is 14.7 Å². The molecule has 1 aromatic heterocycles. The lowest BCUT2D eigenvalue weighted by Gasteiger charge is -2.29. The first kappa shape index (κ1) is 12.2. The van der Waals surface area contributed by atoms with E-state index in [4.69, 9.17) is 0 Å². The second kappa shape index (κ2) is 4.93. The van der Waals surface area contributed by atoms with Crippen LogP contribution >= 0.6 is 12.6 Å². The molecular formula is C11H14N2O3S. The number of carbonyl (C=O) groups excluding carboxylic acids is 1. The van der Waals surface area contributed by atoms with Crippen molar-refractivity contribution in [2.24, 2.45) is 11.8 Å². The van der Waals surface area contributed by atoms with E-state index in [1.807, 2.05) is 0 Å².